The molecule has 2 amide bonds. The highest BCUT2D eigenvalue weighted by atomic mass is 32.2. The van der Waals surface area contributed by atoms with E-state index in [2.05, 4.69) is 20.8 Å². The molecular formula is C20H23N5O3S. The number of hydrogen-bond donors (Lipinski definition) is 2. The Labute approximate surface area is 173 Å². The van der Waals surface area contributed by atoms with Gasteiger partial charge in [-0.05, 0) is 44.0 Å². The summed E-state index contributed by atoms with van der Waals surface area (Å²) in [6.07, 6.45) is 1.57. The van der Waals surface area contributed by atoms with Crippen molar-refractivity contribution in [2.75, 3.05) is 11.9 Å². The minimum atomic E-state index is -0.449. The summed E-state index contributed by atoms with van der Waals surface area (Å²) < 4.78 is 7.11. The lowest BCUT2D eigenvalue weighted by molar-refractivity contribution is -0.123. The molecular weight excluding hydrogens is 390 g/mol. The molecule has 152 valence electrons. The molecule has 8 nitrogen and oxygen atoms in total. The number of para-hydroxylation sites is 1. The second-order valence-electron chi connectivity index (χ2n) is 6.64. The number of furan rings is 1. The zero-order valence-electron chi connectivity index (χ0n) is 16.7. The fourth-order valence-electron chi connectivity index (χ4n) is 2.76. The number of rotatable bonds is 7. The number of nitrogens with one attached hydrogen (secondary N) is 2. The van der Waals surface area contributed by atoms with Crippen LogP contribution in [0.3, 0.4) is 0 Å². The third-order valence-electron chi connectivity index (χ3n) is 4.40. The smallest absolute Gasteiger partial charge is 0.243 e. The van der Waals surface area contributed by atoms with Gasteiger partial charge in [-0.2, -0.15) is 0 Å². The SMILES string of the molecule is Cc1cccc(C)c1NC(=O)CNC(=O)C(C)Sc1nnc(-c2ccco2)n1C. The van der Waals surface area contributed by atoms with Crippen LogP contribution in [0.2, 0.25) is 0 Å². The topological polar surface area (TPSA) is 102 Å². The van der Waals surface area contributed by atoms with Gasteiger partial charge in [0.1, 0.15) is 0 Å². The number of amides is 2. The Balaban J connectivity index is 1.54. The van der Waals surface area contributed by atoms with Crippen molar-refractivity contribution in [2.45, 2.75) is 31.2 Å². The number of nitrogens with zero attached hydrogens (tertiary/aromatic N) is 3. The van der Waals surface area contributed by atoms with Gasteiger partial charge in [-0.25, -0.2) is 0 Å². The number of hydrogen-bond acceptors (Lipinski definition) is 6. The molecule has 9 heteroatoms. The summed E-state index contributed by atoms with van der Waals surface area (Å²) in [5, 5.41) is 13.9. The van der Waals surface area contributed by atoms with Gasteiger partial charge >= 0.3 is 0 Å². The van der Waals surface area contributed by atoms with Crippen LogP contribution < -0.4 is 10.6 Å². The lowest BCUT2D eigenvalue weighted by atomic mass is 10.1. The molecule has 0 aliphatic heterocycles. The standard InChI is InChI=1S/C20H23N5O3S/c1-12-7-5-8-13(2)17(12)22-16(26)11-21-19(27)14(3)29-20-24-23-18(25(20)4)15-9-6-10-28-15/h5-10,14H,11H2,1-4H3,(H,21,27)(H,22,26). The first-order valence-electron chi connectivity index (χ1n) is 9.10. The predicted molar refractivity (Wildman–Crippen MR) is 112 cm³/mol. The molecule has 1 unspecified atom stereocenters. The number of carbonyl (C=O) groups is 2. The Bertz CT molecular complexity index is 993. The van der Waals surface area contributed by atoms with Crippen molar-refractivity contribution in [1.29, 1.82) is 0 Å². The third kappa shape index (κ3) is 4.86. The molecule has 1 aromatic carbocycles. The van der Waals surface area contributed by atoms with Crippen LogP contribution in [-0.2, 0) is 16.6 Å². The first-order chi connectivity index (χ1) is 13.9. The highest BCUT2D eigenvalue weighted by Gasteiger charge is 2.20. The fourth-order valence-corrected chi connectivity index (χ4v) is 3.60. The molecule has 0 bridgehead atoms. The normalized spacial score (nSPS) is 11.9. The van der Waals surface area contributed by atoms with Gasteiger partial charge in [-0.15, -0.1) is 10.2 Å². The molecule has 0 saturated heterocycles. The highest BCUT2D eigenvalue weighted by molar-refractivity contribution is 8.00. The van der Waals surface area contributed by atoms with E-state index in [4.69, 9.17) is 4.42 Å². The Morgan fingerprint density at radius 2 is 1.90 bits per heavy atom. The number of carbonyl (C=O) groups excluding carboxylic acids is 2. The number of anilines is 1. The van der Waals surface area contributed by atoms with Gasteiger partial charge < -0.3 is 19.6 Å². The summed E-state index contributed by atoms with van der Waals surface area (Å²) in [5.41, 5.74) is 2.73. The van der Waals surface area contributed by atoms with Crippen LogP contribution in [0, 0.1) is 13.8 Å². The Morgan fingerprint density at radius 1 is 1.17 bits per heavy atom. The predicted octanol–water partition coefficient (Wildman–Crippen LogP) is 2.93. The lowest BCUT2D eigenvalue weighted by Gasteiger charge is -2.13. The zero-order chi connectivity index (χ0) is 21.0. The van der Waals surface area contributed by atoms with E-state index in [0.29, 0.717) is 16.7 Å². The molecule has 0 fully saturated rings. The van der Waals surface area contributed by atoms with E-state index in [1.807, 2.05) is 39.1 Å². The van der Waals surface area contributed by atoms with Crippen LogP contribution in [0.5, 0.6) is 0 Å². The molecule has 2 N–H and O–H groups in total. The molecule has 0 spiro atoms. The number of aromatic nitrogens is 3. The van der Waals surface area contributed by atoms with Crippen LogP contribution in [0.1, 0.15) is 18.1 Å². The number of aryl methyl sites for hydroxylation is 2. The van der Waals surface area contributed by atoms with Crippen molar-refractivity contribution in [2.24, 2.45) is 7.05 Å². The van der Waals surface area contributed by atoms with Crippen LogP contribution in [0.15, 0.2) is 46.2 Å². The summed E-state index contributed by atoms with van der Waals surface area (Å²) in [6.45, 7) is 5.51. The van der Waals surface area contributed by atoms with E-state index >= 15 is 0 Å². The molecule has 2 heterocycles. The molecule has 0 aliphatic rings. The van der Waals surface area contributed by atoms with Crippen molar-refractivity contribution in [3.8, 4) is 11.6 Å². The van der Waals surface area contributed by atoms with E-state index in [9.17, 15) is 9.59 Å². The number of thioether (sulfide) groups is 1. The molecule has 29 heavy (non-hydrogen) atoms. The Kier molecular flexibility index (Phi) is 6.38. The monoisotopic (exact) mass is 413 g/mol. The van der Waals surface area contributed by atoms with Crippen molar-refractivity contribution in [3.05, 3.63) is 47.7 Å². The molecule has 0 radical (unpaired) electrons. The second-order valence-corrected chi connectivity index (χ2v) is 7.94. The average molecular weight is 414 g/mol. The highest BCUT2D eigenvalue weighted by Crippen LogP contribution is 2.25. The largest absolute Gasteiger partial charge is 0.461 e. The summed E-state index contributed by atoms with van der Waals surface area (Å²) in [7, 11) is 1.81. The Morgan fingerprint density at radius 3 is 2.55 bits per heavy atom. The van der Waals surface area contributed by atoms with Gasteiger partial charge in [0.25, 0.3) is 0 Å². The van der Waals surface area contributed by atoms with Gasteiger partial charge in [0.15, 0.2) is 16.7 Å². The van der Waals surface area contributed by atoms with Crippen molar-refractivity contribution < 1.29 is 14.0 Å². The minimum Gasteiger partial charge on any atom is -0.461 e. The van der Waals surface area contributed by atoms with Crippen molar-refractivity contribution in [1.82, 2.24) is 20.1 Å². The molecule has 0 saturated carbocycles. The molecule has 2 aromatic heterocycles. The third-order valence-corrected chi connectivity index (χ3v) is 5.53. The molecule has 3 aromatic rings. The maximum absolute atomic E-state index is 12.4. The Hall–Kier alpha value is -3.07. The van der Waals surface area contributed by atoms with E-state index in [1.54, 1.807) is 29.9 Å². The van der Waals surface area contributed by atoms with E-state index in [-0.39, 0.29) is 18.4 Å². The summed E-state index contributed by atoms with van der Waals surface area (Å²) >= 11 is 1.26. The summed E-state index contributed by atoms with van der Waals surface area (Å²) in [4.78, 5) is 24.6. The lowest BCUT2D eigenvalue weighted by Crippen LogP contribution is -2.37. The van der Waals surface area contributed by atoms with E-state index in [1.165, 1.54) is 11.8 Å². The quantitative estimate of drug-likeness (QED) is 0.578. The van der Waals surface area contributed by atoms with Gasteiger partial charge in [0, 0.05) is 12.7 Å². The summed E-state index contributed by atoms with van der Waals surface area (Å²) in [5.74, 6) is 0.658. The average Bonchev–Trinajstić information content (AvgIpc) is 3.33. The molecule has 0 aliphatic carbocycles. The maximum Gasteiger partial charge on any atom is 0.243 e. The van der Waals surface area contributed by atoms with Crippen molar-refractivity contribution >= 4 is 29.3 Å². The first-order valence-corrected chi connectivity index (χ1v) is 9.98. The second kappa shape index (κ2) is 8.95. The maximum atomic E-state index is 12.4. The van der Waals surface area contributed by atoms with Gasteiger partial charge in [-0.1, -0.05) is 30.0 Å². The van der Waals surface area contributed by atoms with Gasteiger partial charge in [0.05, 0.1) is 18.1 Å². The van der Waals surface area contributed by atoms with Gasteiger partial charge in [0.2, 0.25) is 11.8 Å². The van der Waals surface area contributed by atoms with E-state index < -0.39 is 5.25 Å². The minimum absolute atomic E-state index is 0.103. The van der Waals surface area contributed by atoms with E-state index in [0.717, 1.165) is 16.8 Å². The van der Waals surface area contributed by atoms with Crippen LogP contribution in [0.4, 0.5) is 5.69 Å². The number of benzene rings is 1. The fraction of sp³-hybridized carbons (Fsp3) is 0.300. The van der Waals surface area contributed by atoms with Crippen LogP contribution >= 0.6 is 11.8 Å². The van der Waals surface area contributed by atoms with Crippen LogP contribution in [-0.4, -0.2) is 38.4 Å². The zero-order valence-corrected chi connectivity index (χ0v) is 17.5. The first kappa shape index (κ1) is 20.7. The van der Waals surface area contributed by atoms with Gasteiger partial charge in [-0.3, -0.25) is 9.59 Å². The molecule has 1 atom stereocenters. The van der Waals surface area contributed by atoms with Crippen molar-refractivity contribution in [3.63, 3.8) is 0 Å². The summed E-state index contributed by atoms with van der Waals surface area (Å²) in [6, 6.07) is 9.36. The van der Waals surface area contributed by atoms with Crippen LogP contribution in [0.25, 0.3) is 11.6 Å². The molecule has 3 rings (SSSR count).